The lowest BCUT2D eigenvalue weighted by Gasteiger charge is -2.20. The molecule has 3 N–H and O–H groups in total. The normalized spacial score (nSPS) is 14.2. The van der Waals surface area contributed by atoms with Crippen LogP contribution in [-0.4, -0.2) is 65.7 Å². The van der Waals surface area contributed by atoms with E-state index in [9.17, 15) is 24.2 Å². The summed E-state index contributed by atoms with van der Waals surface area (Å²) in [4.78, 5) is 34.8. The third kappa shape index (κ3) is 33.2. The minimum atomic E-state index is -4.60. The van der Waals surface area contributed by atoms with E-state index in [1.807, 2.05) is 0 Å². The van der Waals surface area contributed by atoms with Crippen LogP contribution in [0.15, 0.2) is 12.2 Å². The molecule has 0 spiro atoms. The second-order valence-electron chi connectivity index (χ2n) is 13.0. The molecule has 0 aliphatic heterocycles. The van der Waals surface area contributed by atoms with Crippen molar-refractivity contribution in [3.63, 3.8) is 0 Å². The van der Waals surface area contributed by atoms with Crippen molar-refractivity contribution < 1.29 is 47.8 Å². The molecule has 0 aliphatic rings. The predicted octanol–water partition coefficient (Wildman–Crippen LogP) is 9.28. The highest BCUT2D eigenvalue weighted by atomic mass is 31.2. The number of phosphoric ester groups is 1. The fourth-order valence-electron chi connectivity index (χ4n) is 5.16. The Bertz CT molecular complexity index is 822. The molecule has 1 unspecified atom stereocenters. The molecule has 0 aromatic heterocycles. The summed E-state index contributed by atoms with van der Waals surface area (Å²) in [6, 6.07) is 0. The highest BCUT2D eigenvalue weighted by molar-refractivity contribution is 7.47. The lowest BCUT2D eigenvalue weighted by molar-refractivity contribution is -0.161. The van der Waals surface area contributed by atoms with E-state index in [2.05, 4.69) is 30.5 Å². The maximum Gasteiger partial charge on any atom is 0.472 e. The summed E-state index contributed by atoms with van der Waals surface area (Å²) in [5.74, 6) is -0.931. The van der Waals surface area contributed by atoms with Gasteiger partial charge in [0.05, 0.1) is 19.8 Å². The largest absolute Gasteiger partial charge is 0.472 e. The molecule has 0 aliphatic carbocycles. The summed E-state index contributed by atoms with van der Waals surface area (Å²) in [6.07, 6.45) is 28.9. The summed E-state index contributed by atoms with van der Waals surface area (Å²) in [7, 11) is -4.60. The molecule has 0 rings (SSSR count). The van der Waals surface area contributed by atoms with E-state index in [-0.39, 0.29) is 19.4 Å². The fraction of sp³-hybridized carbons (Fsp3) is 0.892. The smallest absolute Gasteiger partial charge is 0.462 e. The first-order valence-corrected chi connectivity index (χ1v) is 20.6. The molecule has 3 atom stereocenters. The van der Waals surface area contributed by atoms with Gasteiger partial charge in [-0.2, -0.15) is 0 Å². The number of aliphatic hydroxyl groups excluding tert-OH is 2. The molecule has 0 bridgehead atoms. The molecule has 11 heteroatoms. The van der Waals surface area contributed by atoms with Crippen LogP contribution >= 0.6 is 7.82 Å². The van der Waals surface area contributed by atoms with Gasteiger partial charge in [0.1, 0.15) is 12.7 Å². The van der Waals surface area contributed by atoms with Crippen molar-refractivity contribution >= 4 is 19.8 Å². The highest BCUT2D eigenvalue weighted by Crippen LogP contribution is 2.43. The monoisotopic (exact) mass is 706 g/mol. The van der Waals surface area contributed by atoms with E-state index in [1.54, 1.807) is 0 Å². The number of hydrogen-bond acceptors (Lipinski definition) is 9. The minimum absolute atomic E-state index is 0.187. The summed E-state index contributed by atoms with van der Waals surface area (Å²) in [5.41, 5.74) is 0. The van der Waals surface area contributed by atoms with Crippen molar-refractivity contribution in [1.82, 2.24) is 0 Å². The van der Waals surface area contributed by atoms with E-state index in [4.69, 9.17) is 19.1 Å². The fourth-order valence-corrected chi connectivity index (χ4v) is 5.95. The van der Waals surface area contributed by atoms with Crippen LogP contribution < -0.4 is 0 Å². The number of hydrogen-bond donors (Lipinski definition) is 3. The van der Waals surface area contributed by atoms with Crippen LogP contribution in [-0.2, 0) is 32.7 Å². The van der Waals surface area contributed by atoms with E-state index in [0.29, 0.717) is 12.8 Å². The van der Waals surface area contributed by atoms with E-state index in [0.717, 1.165) is 57.8 Å². The van der Waals surface area contributed by atoms with E-state index < -0.39 is 51.8 Å². The van der Waals surface area contributed by atoms with Crippen LogP contribution in [0.1, 0.15) is 174 Å². The molecule has 10 nitrogen and oxygen atoms in total. The second-order valence-corrected chi connectivity index (χ2v) is 14.4. The minimum Gasteiger partial charge on any atom is -0.462 e. The molecule has 0 saturated heterocycles. The summed E-state index contributed by atoms with van der Waals surface area (Å²) in [5, 5.41) is 18.3. The Balaban J connectivity index is 4.37. The lowest BCUT2D eigenvalue weighted by Crippen LogP contribution is -2.29. The Morgan fingerprint density at radius 3 is 1.52 bits per heavy atom. The molecule has 284 valence electrons. The van der Waals surface area contributed by atoms with Gasteiger partial charge in [-0.1, -0.05) is 135 Å². The van der Waals surface area contributed by atoms with Crippen molar-refractivity contribution in [3.8, 4) is 0 Å². The van der Waals surface area contributed by atoms with Gasteiger partial charge in [-0.15, -0.1) is 0 Å². The van der Waals surface area contributed by atoms with Crippen molar-refractivity contribution in [2.75, 3.05) is 26.4 Å². The van der Waals surface area contributed by atoms with Crippen molar-refractivity contribution in [2.24, 2.45) is 0 Å². The van der Waals surface area contributed by atoms with Crippen LogP contribution in [0.4, 0.5) is 0 Å². The Hall–Kier alpha value is -1.29. The topological polar surface area (TPSA) is 149 Å². The Morgan fingerprint density at radius 2 is 1.02 bits per heavy atom. The van der Waals surface area contributed by atoms with Gasteiger partial charge in [0, 0.05) is 12.8 Å². The molecular formula is C37H71O10P. The van der Waals surface area contributed by atoms with Gasteiger partial charge >= 0.3 is 19.8 Å². The number of esters is 2. The third-order valence-electron chi connectivity index (χ3n) is 8.17. The number of ether oxygens (including phenoxy) is 2. The van der Waals surface area contributed by atoms with Crippen LogP contribution in [0, 0.1) is 0 Å². The average molecular weight is 707 g/mol. The Morgan fingerprint density at radius 1 is 0.604 bits per heavy atom. The van der Waals surface area contributed by atoms with E-state index in [1.165, 1.54) is 77.0 Å². The van der Waals surface area contributed by atoms with Gasteiger partial charge in [-0.25, -0.2) is 4.57 Å². The first-order valence-electron chi connectivity index (χ1n) is 19.1. The van der Waals surface area contributed by atoms with Crippen LogP contribution in [0.5, 0.6) is 0 Å². The van der Waals surface area contributed by atoms with Gasteiger partial charge in [0.25, 0.3) is 0 Å². The average Bonchev–Trinajstić information content (AvgIpc) is 3.07. The molecule has 0 aromatic carbocycles. The molecule has 0 aromatic rings. The lowest BCUT2D eigenvalue weighted by atomic mass is 10.0. The number of aliphatic hydroxyl groups is 2. The predicted molar refractivity (Wildman–Crippen MR) is 192 cm³/mol. The van der Waals surface area contributed by atoms with Gasteiger partial charge in [-0.05, 0) is 38.5 Å². The van der Waals surface area contributed by atoms with E-state index >= 15 is 0 Å². The van der Waals surface area contributed by atoms with Crippen LogP contribution in [0.2, 0.25) is 0 Å². The first-order chi connectivity index (χ1) is 23.2. The maximum atomic E-state index is 12.5. The Labute approximate surface area is 292 Å². The second kappa shape index (κ2) is 34.2. The molecule has 0 radical (unpaired) electrons. The maximum absolute atomic E-state index is 12.5. The molecule has 0 saturated carbocycles. The number of carbonyl (C=O) groups is 2. The highest BCUT2D eigenvalue weighted by Gasteiger charge is 2.27. The van der Waals surface area contributed by atoms with Crippen LogP contribution in [0.25, 0.3) is 0 Å². The summed E-state index contributed by atoms with van der Waals surface area (Å²) < 4.78 is 32.5. The third-order valence-corrected chi connectivity index (χ3v) is 9.12. The number of phosphoric acid groups is 1. The molecule has 0 heterocycles. The number of unbranched alkanes of at least 4 members (excludes halogenated alkanes) is 20. The molecular weight excluding hydrogens is 635 g/mol. The standard InChI is InChI=1S/C37H71O10P/c1-3-5-7-9-11-13-15-17-19-20-22-24-26-28-36(40)44-32-35(33-46-48(42,43)45-31-34(39)30-38)47-37(41)29-27-25-23-21-18-16-14-12-10-8-6-4-2/h13,15,34-35,38-39H,3-12,14,16-33H2,1-2H3,(H,42,43)/b15-13+/t34-,35+/m0/s1. The molecule has 48 heavy (non-hydrogen) atoms. The van der Waals surface area contributed by atoms with Gasteiger partial charge in [0.15, 0.2) is 6.10 Å². The first kappa shape index (κ1) is 46.7. The quantitative estimate of drug-likeness (QED) is 0.0249. The van der Waals surface area contributed by atoms with Crippen molar-refractivity contribution in [1.29, 1.82) is 0 Å². The molecule has 0 amide bonds. The van der Waals surface area contributed by atoms with Crippen molar-refractivity contribution in [3.05, 3.63) is 12.2 Å². The van der Waals surface area contributed by atoms with Gasteiger partial charge in [0.2, 0.25) is 0 Å². The number of rotatable bonds is 36. The van der Waals surface area contributed by atoms with Gasteiger partial charge < -0.3 is 24.6 Å². The summed E-state index contributed by atoms with van der Waals surface area (Å²) in [6.45, 7) is 2.34. The summed E-state index contributed by atoms with van der Waals surface area (Å²) >= 11 is 0. The Kier molecular flexibility index (Phi) is 33.3. The van der Waals surface area contributed by atoms with Crippen molar-refractivity contribution in [2.45, 2.75) is 187 Å². The number of allylic oxidation sites excluding steroid dienone is 2. The zero-order valence-electron chi connectivity index (χ0n) is 30.5. The zero-order valence-corrected chi connectivity index (χ0v) is 31.4. The SMILES string of the molecule is CCCCCC/C=C/CCCCCCCC(=O)OC[C@H](COP(=O)(O)OC[C@@H](O)CO)OC(=O)CCCCCCCCCCCCCC. The molecule has 0 fully saturated rings. The van der Waals surface area contributed by atoms with Gasteiger partial charge in [-0.3, -0.25) is 18.6 Å². The number of carbonyl (C=O) groups excluding carboxylic acids is 2. The van der Waals surface area contributed by atoms with Crippen LogP contribution in [0.3, 0.4) is 0 Å². The zero-order chi connectivity index (χ0) is 35.6.